The fraction of sp³-hybridized carbons (Fsp3) is 0.242. The number of carboxylic acid groups (broad SMARTS) is 1. The molecule has 4 aromatic rings. The summed E-state index contributed by atoms with van der Waals surface area (Å²) >= 11 is 7.23. The predicted molar refractivity (Wildman–Crippen MR) is 154 cm³/mol. The molecule has 0 amide bonds. The molecule has 41 heavy (non-hydrogen) atoms. The summed E-state index contributed by atoms with van der Waals surface area (Å²) in [5.74, 6) is -0.496. The molecule has 0 aliphatic carbocycles. The Balaban J connectivity index is 1.66. The molecule has 8 heteroatoms. The average Bonchev–Trinajstić information content (AvgIpc) is 2.96. The summed E-state index contributed by atoms with van der Waals surface area (Å²) in [5, 5.41) is 9.05. The summed E-state index contributed by atoms with van der Waals surface area (Å²) < 4.78 is 51.6. The van der Waals surface area contributed by atoms with E-state index >= 15 is 13.2 Å². The topological polar surface area (TPSA) is 49.8 Å². The Labute approximate surface area is 243 Å². The molecule has 0 aliphatic heterocycles. The molecule has 0 bridgehead atoms. The van der Waals surface area contributed by atoms with Gasteiger partial charge in [-0.1, -0.05) is 103 Å². The van der Waals surface area contributed by atoms with Gasteiger partial charge in [0.2, 0.25) is 0 Å². The van der Waals surface area contributed by atoms with Gasteiger partial charge in [0.05, 0.1) is 13.0 Å². The monoisotopic (exact) mass is 581 g/mol. The number of carboxylic acids is 1. The first-order valence-electron chi connectivity index (χ1n) is 13.3. The second-order valence-corrected chi connectivity index (χ2v) is 10.4. The number of carbonyl (C=O) groups is 1. The zero-order valence-electron chi connectivity index (χ0n) is 22.3. The molecular weight excluding hydrogens is 551 g/mol. The number of hydrogen-bond donors (Lipinski definition) is 1. The maximum atomic E-state index is 15.3. The Hall–Kier alpha value is -3.81. The van der Waals surface area contributed by atoms with Crippen LogP contribution < -0.4 is 4.74 Å². The zero-order valence-corrected chi connectivity index (χ0v) is 23.1. The standard InChI is InChI=1S/C33H31ClF3NO3/c34-32(27-15-6-2-7-16-27,28-17-8-3-9-18-28)31(33(35,36)37)38(24-25-12-4-1-5-13-25)20-11-21-41-29-19-10-14-26(22-29)23-30(39)40/h1-10,12-19,22,31H,11,20-21,23-24H2,(H,39,40). The number of rotatable bonds is 13. The van der Waals surface area contributed by atoms with Crippen molar-refractivity contribution in [1.29, 1.82) is 0 Å². The summed E-state index contributed by atoms with van der Waals surface area (Å²) in [6.07, 6.45) is -4.56. The van der Waals surface area contributed by atoms with Gasteiger partial charge in [0.15, 0.2) is 0 Å². The largest absolute Gasteiger partial charge is 0.494 e. The fourth-order valence-electron chi connectivity index (χ4n) is 5.02. The van der Waals surface area contributed by atoms with Gasteiger partial charge < -0.3 is 9.84 Å². The lowest BCUT2D eigenvalue weighted by molar-refractivity contribution is -0.193. The van der Waals surface area contributed by atoms with Gasteiger partial charge in [-0.25, -0.2) is 0 Å². The summed E-state index contributed by atoms with van der Waals surface area (Å²) in [5.41, 5.74) is 2.00. The van der Waals surface area contributed by atoms with Gasteiger partial charge in [-0.3, -0.25) is 9.69 Å². The van der Waals surface area contributed by atoms with Crippen molar-refractivity contribution in [1.82, 2.24) is 4.90 Å². The smallest absolute Gasteiger partial charge is 0.406 e. The summed E-state index contributed by atoms with van der Waals surface area (Å²) in [6, 6.07) is 30.4. The Morgan fingerprint density at radius 3 is 1.88 bits per heavy atom. The molecule has 214 valence electrons. The minimum absolute atomic E-state index is 0.0211. The van der Waals surface area contributed by atoms with E-state index in [0.29, 0.717) is 22.4 Å². The SMILES string of the molecule is O=C(O)Cc1cccc(OCCCN(Cc2ccccc2)C(C(F)(F)F)C(Cl)(c2ccccc2)c2ccccc2)c1. The van der Waals surface area contributed by atoms with Crippen LogP contribution in [0.4, 0.5) is 13.2 Å². The van der Waals surface area contributed by atoms with E-state index in [9.17, 15) is 4.79 Å². The Bertz CT molecular complexity index is 1350. The van der Waals surface area contributed by atoms with Crippen molar-refractivity contribution in [2.75, 3.05) is 13.2 Å². The molecule has 0 spiro atoms. The predicted octanol–water partition coefficient (Wildman–Crippen LogP) is 7.70. The van der Waals surface area contributed by atoms with E-state index in [4.69, 9.17) is 21.4 Å². The zero-order chi connectivity index (χ0) is 29.3. The van der Waals surface area contributed by atoms with Crippen LogP contribution >= 0.6 is 11.6 Å². The first-order chi connectivity index (χ1) is 19.7. The minimum atomic E-state index is -4.69. The molecule has 1 unspecified atom stereocenters. The number of hydrogen-bond acceptors (Lipinski definition) is 3. The first-order valence-corrected chi connectivity index (χ1v) is 13.6. The third-order valence-electron chi connectivity index (χ3n) is 6.78. The highest BCUT2D eigenvalue weighted by atomic mass is 35.5. The van der Waals surface area contributed by atoms with Crippen molar-refractivity contribution in [3.8, 4) is 5.75 Å². The van der Waals surface area contributed by atoms with Crippen molar-refractivity contribution in [2.24, 2.45) is 0 Å². The molecule has 1 N–H and O–H groups in total. The van der Waals surface area contributed by atoms with Crippen LogP contribution in [-0.2, 0) is 22.6 Å². The van der Waals surface area contributed by atoms with E-state index in [1.807, 2.05) is 6.07 Å². The van der Waals surface area contributed by atoms with Crippen molar-refractivity contribution in [3.05, 3.63) is 138 Å². The minimum Gasteiger partial charge on any atom is -0.494 e. The Kier molecular flexibility index (Phi) is 10.1. The molecule has 4 nitrogen and oxygen atoms in total. The molecule has 4 rings (SSSR count). The van der Waals surface area contributed by atoms with Gasteiger partial charge >= 0.3 is 12.1 Å². The molecule has 1 atom stereocenters. The van der Waals surface area contributed by atoms with Gasteiger partial charge in [0.25, 0.3) is 0 Å². The van der Waals surface area contributed by atoms with Crippen LogP contribution in [0.3, 0.4) is 0 Å². The van der Waals surface area contributed by atoms with Crippen LogP contribution in [0.1, 0.15) is 28.7 Å². The van der Waals surface area contributed by atoms with Crippen molar-refractivity contribution >= 4 is 17.6 Å². The van der Waals surface area contributed by atoms with E-state index in [1.54, 1.807) is 109 Å². The van der Waals surface area contributed by atoms with Crippen LogP contribution in [-0.4, -0.2) is 41.3 Å². The highest BCUT2D eigenvalue weighted by Gasteiger charge is 2.57. The van der Waals surface area contributed by atoms with Crippen LogP contribution in [0, 0.1) is 0 Å². The highest BCUT2D eigenvalue weighted by molar-refractivity contribution is 6.26. The molecule has 0 aromatic heterocycles. The van der Waals surface area contributed by atoms with E-state index in [-0.39, 0.29) is 32.5 Å². The summed E-state index contributed by atoms with van der Waals surface area (Å²) in [4.78, 5) is 10.5. The summed E-state index contributed by atoms with van der Waals surface area (Å²) in [6.45, 7) is 0.202. The maximum Gasteiger partial charge on any atom is 0.406 e. The van der Waals surface area contributed by atoms with Crippen molar-refractivity contribution in [2.45, 2.75) is 36.5 Å². The number of aliphatic carboxylic acids is 1. The maximum absolute atomic E-state index is 15.3. The highest BCUT2D eigenvalue weighted by Crippen LogP contribution is 2.48. The fourth-order valence-corrected chi connectivity index (χ4v) is 5.54. The lowest BCUT2D eigenvalue weighted by atomic mass is 9.82. The second-order valence-electron chi connectivity index (χ2n) is 9.76. The molecule has 0 fully saturated rings. The van der Waals surface area contributed by atoms with Crippen LogP contribution in [0.25, 0.3) is 0 Å². The molecule has 0 aliphatic rings. The van der Waals surface area contributed by atoms with Gasteiger partial charge in [-0.2, -0.15) is 13.2 Å². The molecule has 0 radical (unpaired) electrons. The van der Waals surface area contributed by atoms with E-state index in [1.165, 1.54) is 4.90 Å². The normalized spacial score (nSPS) is 12.7. The molecule has 0 saturated carbocycles. The quantitative estimate of drug-likeness (QED) is 0.130. The summed E-state index contributed by atoms with van der Waals surface area (Å²) in [7, 11) is 0. The molecule has 4 aromatic carbocycles. The lowest BCUT2D eigenvalue weighted by Crippen LogP contribution is -2.56. The van der Waals surface area contributed by atoms with Gasteiger partial charge in [0.1, 0.15) is 16.7 Å². The van der Waals surface area contributed by atoms with Gasteiger partial charge in [-0.05, 0) is 40.8 Å². The molecule has 0 saturated heterocycles. The number of benzene rings is 4. The van der Waals surface area contributed by atoms with Crippen LogP contribution in [0.5, 0.6) is 5.75 Å². The Morgan fingerprint density at radius 1 is 0.805 bits per heavy atom. The third kappa shape index (κ3) is 7.90. The number of ether oxygens (including phenoxy) is 1. The van der Waals surface area contributed by atoms with Crippen LogP contribution in [0.2, 0.25) is 0 Å². The van der Waals surface area contributed by atoms with Crippen molar-refractivity contribution < 1.29 is 27.8 Å². The van der Waals surface area contributed by atoms with Gasteiger partial charge in [-0.15, -0.1) is 11.6 Å². The van der Waals surface area contributed by atoms with E-state index < -0.39 is 23.1 Å². The van der Waals surface area contributed by atoms with E-state index in [2.05, 4.69) is 0 Å². The number of halogens is 4. The molecule has 0 heterocycles. The lowest BCUT2D eigenvalue weighted by Gasteiger charge is -2.44. The van der Waals surface area contributed by atoms with Crippen LogP contribution in [0.15, 0.2) is 115 Å². The third-order valence-corrected chi connectivity index (χ3v) is 7.42. The number of nitrogens with zero attached hydrogens (tertiary/aromatic N) is 1. The second kappa shape index (κ2) is 13.7. The van der Waals surface area contributed by atoms with Crippen molar-refractivity contribution in [3.63, 3.8) is 0 Å². The molecular formula is C33H31ClF3NO3. The number of alkyl halides is 4. The first kappa shape index (κ1) is 30.2. The van der Waals surface area contributed by atoms with Gasteiger partial charge in [0, 0.05) is 13.1 Å². The Morgan fingerprint density at radius 2 is 1.34 bits per heavy atom. The average molecular weight is 582 g/mol. The van der Waals surface area contributed by atoms with E-state index in [0.717, 1.165) is 5.56 Å².